The number of aryl methyl sites for hydroxylation is 1. The average molecular weight is 312 g/mol. The highest BCUT2D eigenvalue weighted by Crippen LogP contribution is 2.25. The van der Waals surface area contributed by atoms with Crippen LogP contribution < -0.4 is 15.4 Å². The molecule has 0 saturated carbocycles. The van der Waals surface area contributed by atoms with Gasteiger partial charge in [0.2, 0.25) is 5.91 Å². The van der Waals surface area contributed by atoms with E-state index in [4.69, 9.17) is 4.74 Å². The SMILES string of the molecule is CCCCNCC(=O)Nc1ccc(Oc2ccccc2)cc1C. The van der Waals surface area contributed by atoms with Crippen molar-refractivity contribution in [2.24, 2.45) is 0 Å². The van der Waals surface area contributed by atoms with Crippen LogP contribution >= 0.6 is 0 Å². The molecular weight excluding hydrogens is 288 g/mol. The van der Waals surface area contributed by atoms with Gasteiger partial charge in [0.05, 0.1) is 6.54 Å². The van der Waals surface area contributed by atoms with E-state index >= 15 is 0 Å². The monoisotopic (exact) mass is 312 g/mol. The zero-order chi connectivity index (χ0) is 16.5. The number of amides is 1. The Hall–Kier alpha value is -2.33. The van der Waals surface area contributed by atoms with Gasteiger partial charge in [0.1, 0.15) is 11.5 Å². The molecule has 0 heterocycles. The second-order valence-electron chi connectivity index (χ2n) is 5.47. The number of para-hydroxylation sites is 1. The van der Waals surface area contributed by atoms with E-state index in [-0.39, 0.29) is 5.91 Å². The highest BCUT2D eigenvalue weighted by atomic mass is 16.5. The molecule has 0 fully saturated rings. The summed E-state index contributed by atoms with van der Waals surface area (Å²) < 4.78 is 5.79. The summed E-state index contributed by atoms with van der Waals surface area (Å²) in [4.78, 5) is 11.9. The lowest BCUT2D eigenvalue weighted by Gasteiger charge is -2.11. The van der Waals surface area contributed by atoms with Crippen LogP contribution in [0.1, 0.15) is 25.3 Å². The Morgan fingerprint density at radius 2 is 1.87 bits per heavy atom. The molecule has 0 aliphatic heterocycles. The number of anilines is 1. The zero-order valence-electron chi connectivity index (χ0n) is 13.8. The lowest BCUT2D eigenvalue weighted by molar-refractivity contribution is -0.115. The number of rotatable bonds is 8. The molecule has 0 aliphatic rings. The predicted molar refractivity (Wildman–Crippen MR) is 94.1 cm³/mol. The van der Waals surface area contributed by atoms with Crippen LogP contribution in [-0.2, 0) is 4.79 Å². The van der Waals surface area contributed by atoms with Crippen molar-refractivity contribution in [1.82, 2.24) is 5.32 Å². The third-order valence-electron chi connectivity index (χ3n) is 3.44. The molecule has 0 radical (unpaired) electrons. The van der Waals surface area contributed by atoms with Gasteiger partial charge in [-0.2, -0.15) is 0 Å². The summed E-state index contributed by atoms with van der Waals surface area (Å²) in [7, 11) is 0. The maximum Gasteiger partial charge on any atom is 0.238 e. The topological polar surface area (TPSA) is 50.4 Å². The van der Waals surface area contributed by atoms with Crippen molar-refractivity contribution in [1.29, 1.82) is 0 Å². The van der Waals surface area contributed by atoms with Gasteiger partial charge in [0, 0.05) is 5.69 Å². The first-order valence-electron chi connectivity index (χ1n) is 8.03. The Bertz CT molecular complexity index is 627. The van der Waals surface area contributed by atoms with Crippen molar-refractivity contribution >= 4 is 11.6 Å². The number of nitrogens with one attached hydrogen (secondary N) is 2. The van der Waals surface area contributed by atoms with E-state index in [2.05, 4.69) is 17.6 Å². The Morgan fingerprint density at radius 1 is 1.09 bits per heavy atom. The molecule has 0 bridgehead atoms. The van der Waals surface area contributed by atoms with Gasteiger partial charge in [-0.15, -0.1) is 0 Å². The van der Waals surface area contributed by atoms with Crippen LogP contribution in [0, 0.1) is 6.92 Å². The molecule has 2 N–H and O–H groups in total. The molecule has 0 unspecified atom stereocenters. The number of unbranched alkanes of at least 4 members (excludes halogenated alkanes) is 1. The molecule has 0 aromatic heterocycles. The van der Waals surface area contributed by atoms with E-state index in [1.165, 1.54) is 0 Å². The van der Waals surface area contributed by atoms with Crippen molar-refractivity contribution in [2.75, 3.05) is 18.4 Å². The second-order valence-corrected chi connectivity index (χ2v) is 5.47. The van der Waals surface area contributed by atoms with Crippen molar-refractivity contribution in [3.63, 3.8) is 0 Å². The smallest absolute Gasteiger partial charge is 0.238 e. The van der Waals surface area contributed by atoms with Crippen molar-refractivity contribution in [3.05, 3.63) is 54.1 Å². The molecule has 2 aromatic rings. The van der Waals surface area contributed by atoms with Gasteiger partial charge in [-0.05, 0) is 55.8 Å². The van der Waals surface area contributed by atoms with Crippen LogP contribution in [0.3, 0.4) is 0 Å². The summed E-state index contributed by atoms with van der Waals surface area (Å²) in [5, 5.41) is 6.05. The third-order valence-corrected chi connectivity index (χ3v) is 3.44. The summed E-state index contributed by atoms with van der Waals surface area (Å²) in [6, 6.07) is 15.3. The molecule has 2 aromatic carbocycles. The third kappa shape index (κ3) is 5.75. The van der Waals surface area contributed by atoms with Crippen LogP contribution in [0.25, 0.3) is 0 Å². The van der Waals surface area contributed by atoms with E-state index in [1.807, 2.05) is 55.5 Å². The quantitative estimate of drug-likeness (QED) is 0.721. The summed E-state index contributed by atoms with van der Waals surface area (Å²) in [5.41, 5.74) is 1.79. The largest absolute Gasteiger partial charge is 0.457 e. The summed E-state index contributed by atoms with van der Waals surface area (Å²) in [5.74, 6) is 1.53. The van der Waals surface area contributed by atoms with Crippen LogP contribution in [0.4, 0.5) is 5.69 Å². The van der Waals surface area contributed by atoms with Gasteiger partial charge in [-0.1, -0.05) is 31.5 Å². The van der Waals surface area contributed by atoms with E-state index in [0.29, 0.717) is 6.54 Å². The number of carbonyl (C=O) groups is 1. The molecule has 0 atom stereocenters. The number of hydrogen-bond donors (Lipinski definition) is 2. The molecule has 0 spiro atoms. The van der Waals surface area contributed by atoms with Gasteiger partial charge in [-0.3, -0.25) is 4.79 Å². The molecule has 4 nitrogen and oxygen atoms in total. The fraction of sp³-hybridized carbons (Fsp3) is 0.316. The minimum atomic E-state index is -0.0269. The Labute approximate surface area is 137 Å². The summed E-state index contributed by atoms with van der Waals surface area (Å²) >= 11 is 0. The highest BCUT2D eigenvalue weighted by molar-refractivity contribution is 5.93. The molecule has 122 valence electrons. The van der Waals surface area contributed by atoms with Gasteiger partial charge in [-0.25, -0.2) is 0 Å². The normalized spacial score (nSPS) is 10.3. The Balaban J connectivity index is 1.90. The molecular formula is C19H24N2O2. The molecule has 2 rings (SSSR count). The van der Waals surface area contributed by atoms with Crippen molar-refractivity contribution in [3.8, 4) is 11.5 Å². The lowest BCUT2D eigenvalue weighted by Crippen LogP contribution is -2.28. The maximum atomic E-state index is 11.9. The van der Waals surface area contributed by atoms with Gasteiger partial charge in [0.25, 0.3) is 0 Å². The fourth-order valence-electron chi connectivity index (χ4n) is 2.16. The minimum absolute atomic E-state index is 0.0269. The minimum Gasteiger partial charge on any atom is -0.457 e. The van der Waals surface area contributed by atoms with Crippen LogP contribution in [0.5, 0.6) is 11.5 Å². The first-order valence-corrected chi connectivity index (χ1v) is 8.03. The molecule has 1 amide bonds. The average Bonchev–Trinajstić information content (AvgIpc) is 2.55. The van der Waals surface area contributed by atoms with Gasteiger partial charge in [0.15, 0.2) is 0 Å². The van der Waals surface area contributed by atoms with Crippen LogP contribution in [0.15, 0.2) is 48.5 Å². The summed E-state index contributed by atoms with van der Waals surface area (Å²) in [6.07, 6.45) is 2.20. The molecule has 4 heteroatoms. The molecule has 0 saturated heterocycles. The number of ether oxygens (including phenoxy) is 1. The summed E-state index contributed by atoms with van der Waals surface area (Å²) in [6.45, 7) is 5.29. The predicted octanol–water partition coefficient (Wildman–Crippen LogP) is 4.12. The lowest BCUT2D eigenvalue weighted by atomic mass is 10.2. The standard InChI is InChI=1S/C19H24N2O2/c1-3-4-12-20-14-19(22)21-18-11-10-17(13-15(18)2)23-16-8-6-5-7-9-16/h5-11,13,20H,3-4,12,14H2,1-2H3,(H,21,22). The molecule has 0 aliphatic carbocycles. The number of benzene rings is 2. The van der Waals surface area contributed by atoms with E-state index in [1.54, 1.807) is 0 Å². The molecule has 23 heavy (non-hydrogen) atoms. The van der Waals surface area contributed by atoms with Gasteiger partial charge < -0.3 is 15.4 Å². The van der Waals surface area contributed by atoms with Crippen molar-refractivity contribution in [2.45, 2.75) is 26.7 Å². The highest BCUT2D eigenvalue weighted by Gasteiger charge is 2.06. The fourth-order valence-corrected chi connectivity index (χ4v) is 2.16. The van der Waals surface area contributed by atoms with Crippen LogP contribution in [0.2, 0.25) is 0 Å². The van der Waals surface area contributed by atoms with Gasteiger partial charge >= 0.3 is 0 Å². The first-order chi connectivity index (χ1) is 11.2. The zero-order valence-corrected chi connectivity index (χ0v) is 13.8. The van der Waals surface area contributed by atoms with E-state index in [9.17, 15) is 4.79 Å². The number of carbonyl (C=O) groups excluding carboxylic acids is 1. The second kappa shape index (κ2) is 8.96. The Kier molecular flexibility index (Phi) is 6.63. The van der Waals surface area contributed by atoms with E-state index in [0.717, 1.165) is 42.1 Å². The first kappa shape index (κ1) is 17.0. The number of hydrogen-bond acceptors (Lipinski definition) is 3. The van der Waals surface area contributed by atoms with Crippen molar-refractivity contribution < 1.29 is 9.53 Å². The Morgan fingerprint density at radius 3 is 2.57 bits per heavy atom. The maximum absolute atomic E-state index is 11.9. The van der Waals surface area contributed by atoms with Crippen LogP contribution in [-0.4, -0.2) is 19.0 Å². The van der Waals surface area contributed by atoms with E-state index < -0.39 is 0 Å².